The molecule has 0 spiro atoms. The van der Waals surface area contributed by atoms with E-state index in [4.69, 9.17) is 0 Å². The molecule has 0 bridgehead atoms. The summed E-state index contributed by atoms with van der Waals surface area (Å²) >= 11 is 0. The third-order valence-corrected chi connectivity index (χ3v) is 4.22. The standard InChI is InChI=1S/C18H18N6O4/c25-23(26)17-7-3-1-5-15(17)13-19-21-9-11-22(12-10-21)20-14-16-6-2-4-8-18(16)24(27)28/h1-8,13-14H,9-12H2/b19-13-,20-14+. The zero-order chi connectivity index (χ0) is 19.9. The zero-order valence-electron chi connectivity index (χ0n) is 14.9. The van der Waals surface area contributed by atoms with Gasteiger partial charge in [0, 0.05) is 12.1 Å². The second-order valence-electron chi connectivity index (χ2n) is 6.03. The molecule has 28 heavy (non-hydrogen) atoms. The first kappa shape index (κ1) is 19.0. The number of piperazine rings is 1. The lowest BCUT2D eigenvalue weighted by Crippen LogP contribution is -2.41. The Morgan fingerprint density at radius 2 is 1.07 bits per heavy atom. The van der Waals surface area contributed by atoms with Crippen LogP contribution in [0.15, 0.2) is 58.7 Å². The van der Waals surface area contributed by atoms with Crippen LogP contribution in [0.25, 0.3) is 0 Å². The molecule has 144 valence electrons. The van der Waals surface area contributed by atoms with Gasteiger partial charge in [0.25, 0.3) is 11.4 Å². The fourth-order valence-corrected chi connectivity index (χ4v) is 2.73. The summed E-state index contributed by atoms with van der Waals surface area (Å²) in [4.78, 5) is 21.2. The molecule has 0 aliphatic carbocycles. The van der Waals surface area contributed by atoms with Gasteiger partial charge in [-0.1, -0.05) is 24.3 Å². The molecule has 0 unspecified atom stereocenters. The second-order valence-corrected chi connectivity index (χ2v) is 6.03. The fourth-order valence-electron chi connectivity index (χ4n) is 2.73. The normalized spacial score (nSPS) is 14.7. The van der Waals surface area contributed by atoms with Crippen molar-refractivity contribution in [2.24, 2.45) is 10.2 Å². The van der Waals surface area contributed by atoms with Crippen molar-refractivity contribution in [2.75, 3.05) is 26.2 Å². The Labute approximate surface area is 160 Å². The highest BCUT2D eigenvalue weighted by molar-refractivity contribution is 5.85. The number of para-hydroxylation sites is 2. The third kappa shape index (κ3) is 4.67. The Hall–Kier alpha value is -3.82. The van der Waals surface area contributed by atoms with E-state index in [9.17, 15) is 20.2 Å². The van der Waals surface area contributed by atoms with Crippen LogP contribution < -0.4 is 0 Å². The van der Waals surface area contributed by atoms with Crippen LogP contribution in [0.3, 0.4) is 0 Å². The largest absolute Gasteiger partial charge is 0.293 e. The lowest BCUT2D eigenvalue weighted by Gasteiger charge is -2.31. The molecule has 1 heterocycles. The van der Waals surface area contributed by atoms with Crippen LogP contribution in [0.5, 0.6) is 0 Å². The summed E-state index contributed by atoms with van der Waals surface area (Å²) in [6, 6.07) is 12.9. The summed E-state index contributed by atoms with van der Waals surface area (Å²) < 4.78 is 0. The molecule has 1 fully saturated rings. The molecule has 2 aromatic carbocycles. The van der Waals surface area contributed by atoms with Gasteiger partial charge in [0.15, 0.2) is 0 Å². The van der Waals surface area contributed by atoms with E-state index in [0.717, 1.165) is 0 Å². The highest BCUT2D eigenvalue weighted by Crippen LogP contribution is 2.17. The molecular formula is C18H18N6O4. The lowest BCUT2D eigenvalue weighted by atomic mass is 10.2. The van der Waals surface area contributed by atoms with E-state index in [1.165, 1.54) is 24.6 Å². The first-order chi connectivity index (χ1) is 13.5. The van der Waals surface area contributed by atoms with E-state index < -0.39 is 9.85 Å². The maximum absolute atomic E-state index is 11.0. The average molecular weight is 382 g/mol. The van der Waals surface area contributed by atoms with Gasteiger partial charge in [-0.3, -0.25) is 30.2 Å². The van der Waals surface area contributed by atoms with Crippen LogP contribution in [-0.2, 0) is 0 Å². The van der Waals surface area contributed by atoms with Crippen LogP contribution in [0.4, 0.5) is 11.4 Å². The molecule has 0 N–H and O–H groups in total. The summed E-state index contributed by atoms with van der Waals surface area (Å²) in [6.07, 6.45) is 2.98. The molecule has 1 saturated heterocycles. The molecular weight excluding hydrogens is 364 g/mol. The lowest BCUT2D eigenvalue weighted by molar-refractivity contribution is -0.385. The fraction of sp³-hybridized carbons (Fsp3) is 0.222. The van der Waals surface area contributed by atoms with E-state index in [-0.39, 0.29) is 11.4 Å². The number of benzene rings is 2. The smallest absolute Gasteiger partial charge is 0.278 e. The van der Waals surface area contributed by atoms with E-state index in [0.29, 0.717) is 37.3 Å². The minimum absolute atomic E-state index is 0.0129. The van der Waals surface area contributed by atoms with Crippen molar-refractivity contribution < 1.29 is 9.85 Å². The second kappa shape index (κ2) is 8.71. The van der Waals surface area contributed by atoms with Gasteiger partial charge in [0.1, 0.15) is 0 Å². The van der Waals surface area contributed by atoms with Gasteiger partial charge in [-0.05, 0) is 12.1 Å². The third-order valence-electron chi connectivity index (χ3n) is 4.22. The summed E-state index contributed by atoms with van der Waals surface area (Å²) in [7, 11) is 0. The molecule has 1 aliphatic rings. The number of rotatable bonds is 6. The van der Waals surface area contributed by atoms with Gasteiger partial charge in [-0.25, -0.2) is 0 Å². The van der Waals surface area contributed by atoms with Crippen LogP contribution in [0, 0.1) is 20.2 Å². The Morgan fingerprint density at radius 1 is 0.714 bits per heavy atom. The minimum Gasteiger partial charge on any atom is -0.293 e. The number of hydrazone groups is 2. The number of nitro benzene ring substituents is 2. The van der Waals surface area contributed by atoms with E-state index >= 15 is 0 Å². The number of hydrogen-bond acceptors (Lipinski definition) is 8. The van der Waals surface area contributed by atoms with Crippen molar-refractivity contribution >= 4 is 23.8 Å². The molecule has 0 amide bonds. The van der Waals surface area contributed by atoms with Crippen molar-refractivity contribution in [1.29, 1.82) is 0 Å². The van der Waals surface area contributed by atoms with Gasteiger partial charge in [-0.15, -0.1) is 0 Å². The topological polar surface area (TPSA) is 117 Å². The first-order valence-electron chi connectivity index (χ1n) is 8.59. The predicted molar refractivity (Wildman–Crippen MR) is 105 cm³/mol. The van der Waals surface area contributed by atoms with Crippen LogP contribution >= 0.6 is 0 Å². The molecule has 1 aliphatic heterocycles. The molecule has 10 heteroatoms. The molecule has 2 aromatic rings. The van der Waals surface area contributed by atoms with Crippen molar-refractivity contribution in [3.63, 3.8) is 0 Å². The number of nitrogens with zero attached hydrogens (tertiary/aromatic N) is 6. The summed E-state index contributed by atoms with van der Waals surface area (Å²) in [6.45, 7) is 2.35. The molecule has 3 rings (SSSR count). The van der Waals surface area contributed by atoms with Crippen molar-refractivity contribution in [1.82, 2.24) is 10.0 Å². The quantitative estimate of drug-likeness (QED) is 0.430. The highest BCUT2D eigenvalue weighted by Gasteiger charge is 2.16. The predicted octanol–water partition coefficient (Wildman–Crippen LogP) is 2.49. The van der Waals surface area contributed by atoms with Crippen LogP contribution in [-0.4, -0.2) is 58.5 Å². The molecule has 0 radical (unpaired) electrons. The zero-order valence-corrected chi connectivity index (χ0v) is 14.9. The minimum atomic E-state index is -0.434. The molecule has 10 nitrogen and oxygen atoms in total. The first-order valence-corrected chi connectivity index (χ1v) is 8.59. The molecule has 0 aromatic heterocycles. The SMILES string of the molecule is O=[N+]([O-])c1ccccc1/C=N\N1CCN(/N=C/c2ccccc2[N+](=O)[O-])CC1. The maximum Gasteiger partial charge on any atom is 0.278 e. The van der Waals surface area contributed by atoms with Gasteiger partial charge in [0.05, 0.1) is 59.6 Å². The van der Waals surface area contributed by atoms with E-state index in [2.05, 4.69) is 10.2 Å². The maximum atomic E-state index is 11.0. The van der Waals surface area contributed by atoms with Crippen molar-refractivity contribution in [3.05, 3.63) is 79.9 Å². The van der Waals surface area contributed by atoms with E-state index in [1.54, 1.807) is 36.4 Å². The van der Waals surface area contributed by atoms with Gasteiger partial charge >= 0.3 is 0 Å². The number of nitro groups is 2. The Morgan fingerprint density at radius 3 is 1.43 bits per heavy atom. The Kier molecular flexibility index (Phi) is 5.90. The average Bonchev–Trinajstić information content (AvgIpc) is 2.71. The number of hydrogen-bond donors (Lipinski definition) is 0. The van der Waals surface area contributed by atoms with Crippen molar-refractivity contribution in [2.45, 2.75) is 0 Å². The van der Waals surface area contributed by atoms with Crippen LogP contribution in [0.2, 0.25) is 0 Å². The highest BCUT2D eigenvalue weighted by atomic mass is 16.6. The Balaban J connectivity index is 1.58. The van der Waals surface area contributed by atoms with Crippen molar-refractivity contribution in [3.8, 4) is 0 Å². The summed E-state index contributed by atoms with van der Waals surface area (Å²) in [5.41, 5.74) is 0.923. The Bertz CT molecular complexity index is 846. The summed E-state index contributed by atoms with van der Waals surface area (Å²) in [5, 5.41) is 34.3. The summed E-state index contributed by atoms with van der Waals surface area (Å²) in [5.74, 6) is 0. The van der Waals surface area contributed by atoms with Crippen LogP contribution in [0.1, 0.15) is 11.1 Å². The van der Waals surface area contributed by atoms with E-state index in [1.807, 2.05) is 10.0 Å². The molecule has 0 saturated carbocycles. The monoisotopic (exact) mass is 382 g/mol. The van der Waals surface area contributed by atoms with Gasteiger partial charge in [-0.2, -0.15) is 10.2 Å². The van der Waals surface area contributed by atoms with Gasteiger partial charge in [0.2, 0.25) is 0 Å². The molecule has 0 atom stereocenters. The van der Waals surface area contributed by atoms with Gasteiger partial charge < -0.3 is 0 Å².